The molecule has 224 valence electrons. The van der Waals surface area contributed by atoms with Gasteiger partial charge in [0.2, 0.25) is 11.8 Å². The number of carbonyl (C=O) groups excluding carboxylic acids is 2. The van der Waals surface area contributed by atoms with Gasteiger partial charge in [-0.1, -0.05) is 86.1 Å². The second-order valence-corrected chi connectivity index (χ2v) is 12.3. The minimum atomic E-state index is -0.118. The van der Waals surface area contributed by atoms with E-state index in [0.29, 0.717) is 38.6 Å². The van der Waals surface area contributed by atoms with E-state index in [-0.39, 0.29) is 23.8 Å². The van der Waals surface area contributed by atoms with Crippen LogP contribution in [-0.2, 0) is 29.2 Å². The minimum Gasteiger partial charge on any atom is -0.337 e. The predicted octanol–water partition coefficient (Wildman–Crippen LogP) is 5.67. The lowest BCUT2D eigenvalue weighted by Gasteiger charge is -2.44. The van der Waals surface area contributed by atoms with E-state index >= 15 is 0 Å². The van der Waals surface area contributed by atoms with Gasteiger partial charge in [0.25, 0.3) is 0 Å². The molecule has 2 atom stereocenters. The SMILES string of the molecule is CC(C)C(=O)N1CCC2CCCC(CN(C(=O)CCn3nnc4ccccc43)Cc3ccccc31)N2Cc1ccccc1. The largest absolute Gasteiger partial charge is 0.337 e. The Balaban J connectivity index is 1.34. The summed E-state index contributed by atoms with van der Waals surface area (Å²) in [5.41, 5.74) is 4.99. The van der Waals surface area contributed by atoms with E-state index in [1.54, 1.807) is 0 Å². The monoisotopic (exact) mass is 578 g/mol. The molecule has 0 N–H and O–H groups in total. The topological polar surface area (TPSA) is 74.6 Å². The molecule has 2 aliphatic rings. The Morgan fingerprint density at radius 2 is 1.63 bits per heavy atom. The molecule has 0 saturated carbocycles. The molecule has 2 aliphatic heterocycles. The van der Waals surface area contributed by atoms with Gasteiger partial charge in [-0.3, -0.25) is 14.5 Å². The van der Waals surface area contributed by atoms with E-state index in [2.05, 4.69) is 51.6 Å². The van der Waals surface area contributed by atoms with Crippen LogP contribution in [0.4, 0.5) is 5.69 Å². The number of hydrogen-bond donors (Lipinski definition) is 0. The lowest BCUT2D eigenvalue weighted by Crippen LogP contribution is -2.52. The van der Waals surface area contributed by atoms with Gasteiger partial charge in [0, 0.05) is 56.3 Å². The maximum Gasteiger partial charge on any atom is 0.229 e. The number of fused-ring (bicyclic) bond motifs is 4. The molecule has 8 nitrogen and oxygen atoms in total. The number of anilines is 1. The zero-order valence-electron chi connectivity index (χ0n) is 25.3. The van der Waals surface area contributed by atoms with Gasteiger partial charge in [-0.05, 0) is 48.6 Å². The molecule has 2 amide bonds. The van der Waals surface area contributed by atoms with Crippen molar-refractivity contribution < 1.29 is 9.59 Å². The number of aromatic nitrogens is 3. The van der Waals surface area contributed by atoms with Crippen LogP contribution >= 0.6 is 0 Å². The Morgan fingerprint density at radius 1 is 0.884 bits per heavy atom. The van der Waals surface area contributed by atoms with Crippen molar-refractivity contribution in [2.75, 3.05) is 18.0 Å². The van der Waals surface area contributed by atoms with Crippen molar-refractivity contribution in [3.63, 3.8) is 0 Å². The highest BCUT2D eigenvalue weighted by molar-refractivity contribution is 5.95. The maximum atomic E-state index is 14.1. The number of para-hydroxylation sites is 2. The number of piperidine rings is 1. The first-order valence-corrected chi connectivity index (χ1v) is 15.7. The van der Waals surface area contributed by atoms with Crippen molar-refractivity contribution in [2.24, 2.45) is 5.92 Å². The molecule has 0 aliphatic carbocycles. The van der Waals surface area contributed by atoms with E-state index < -0.39 is 0 Å². The fraction of sp³-hybridized carbons (Fsp3) is 0.429. The second-order valence-electron chi connectivity index (χ2n) is 12.3. The number of nitrogens with zero attached hydrogens (tertiary/aromatic N) is 6. The van der Waals surface area contributed by atoms with E-state index in [0.717, 1.165) is 54.5 Å². The molecule has 6 rings (SSSR count). The summed E-state index contributed by atoms with van der Waals surface area (Å²) >= 11 is 0. The van der Waals surface area contributed by atoms with Gasteiger partial charge in [-0.25, -0.2) is 4.68 Å². The molecule has 3 aromatic carbocycles. The van der Waals surface area contributed by atoms with Crippen molar-refractivity contribution in [2.45, 2.75) is 77.7 Å². The van der Waals surface area contributed by atoms with Crippen LogP contribution in [0.3, 0.4) is 0 Å². The standard InChI is InChI=1S/C35H42N6O2/c1-26(2)35(43)39-21-19-29-14-10-15-30(40(29)23-27-11-4-3-5-12-27)25-38(24-28-13-6-8-17-32(28)39)34(42)20-22-41-33-18-9-7-16-31(33)36-37-41/h3-9,11-13,16-18,26,29-30H,10,14-15,19-25H2,1-2H3. The molecule has 3 heterocycles. The summed E-state index contributed by atoms with van der Waals surface area (Å²) in [6.45, 7) is 7.05. The second kappa shape index (κ2) is 13.1. The van der Waals surface area contributed by atoms with Crippen molar-refractivity contribution in [3.05, 3.63) is 90.0 Å². The van der Waals surface area contributed by atoms with Gasteiger partial charge in [-0.15, -0.1) is 5.10 Å². The van der Waals surface area contributed by atoms with Crippen LogP contribution in [0, 0.1) is 5.92 Å². The summed E-state index contributed by atoms with van der Waals surface area (Å²) in [5.74, 6) is 0.106. The van der Waals surface area contributed by atoms with Gasteiger partial charge in [-0.2, -0.15) is 0 Å². The molecule has 43 heavy (non-hydrogen) atoms. The summed E-state index contributed by atoms with van der Waals surface area (Å²) in [4.78, 5) is 34.4. The zero-order valence-corrected chi connectivity index (χ0v) is 25.3. The average Bonchev–Trinajstić information content (AvgIpc) is 3.44. The lowest BCUT2D eigenvalue weighted by molar-refractivity contribution is -0.133. The molecule has 2 bridgehead atoms. The summed E-state index contributed by atoms with van der Waals surface area (Å²) in [6, 6.07) is 27.2. The molecular formula is C35H42N6O2. The first-order valence-electron chi connectivity index (χ1n) is 15.7. The average molecular weight is 579 g/mol. The lowest BCUT2D eigenvalue weighted by atomic mass is 9.92. The number of rotatable bonds is 6. The third kappa shape index (κ3) is 6.49. The van der Waals surface area contributed by atoms with Gasteiger partial charge in [0.05, 0.1) is 12.1 Å². The van der Waals surface area contributed by atoms with E-state index in [1.807, 2.05) is 70.8 Å². The van der Waals surface area contributed by atoms with Crippen LogP contribution in [0.15, 0.2) is 78.9 Å². The summed E-state index contributed by atoms with van der Waals surface area (Å²) in [7, 11) is 0. The molecule has 8 heteroatoms. The van der Waals surface area contributed by atoms with Crippen molar-refractivity contribution in [1.82, 2.24) is 24.8 Å². The van der Waals surface area contributed by atoms with Gasteiger partial charge < -0.3 is 9.80 Å². The maximum absolute atomic E-state index is 14.1. The third-order valence-corrected chi connectivity index (χ3v) is 9.05. The van der Waals surface area contributed by atoms with E-state index in [4.69, 9.17) is 0 Å². The normalized spacial score (nSPS) is 19.7. The first-order chi connectivity index (χ1) is 21.0. The number of benzene rings is 3. The van der Waals surface area contributed by atoms with Crippen LogP contribution in [0.2, 0.25) is 0 Å². The number of carbonyl (C=O) groups is 2. The minimum absolute atomic E-state index is 0.0946. The van der Waals surface area contributed by atoms with E-state index in [1.165, 1.54) is 5.56 Å². The number of aryl methyl sites for hydroxylation is 1. The summed E-state index contributed by atoms with van der Waals surface area (Å²) < 4.78 is 1.83. The van der Waals surface area contributed by atoms with Crippen LogP contribution in [-0.4, -0.2) is 61.8 Å². The van der Waals surface area contributed by atoms with Crippen molar-refractivity contribution in [3.8, 4) is 0 Å². The molecule has 0 radical (unpaired) electrons. The smallest absolute Gasteiger partial charge is 0.229 e. The molecule has 1 saturated heterocycles. The van der Waals surface area contributed by atoms with Crippen LogP contribution in [0.25, 0.3) is 11.0 Å². The Kier molecular flexibility index (Phi) is 8.84. The Hall–Kier alpha value is -4.04. The zero-order chi connectivity index (χ0) is 29.8. The molecule has 0 spiro atoms. The predicted molar refractivity (Wildman–Crippen MR) is 169 cm³/mol. The highest BCUT2D eigenvalue weighted by atomic mass is 16.2. The fourth-order valence-corrected chi connectivity index (χ4v) is 6.78. The van der Waals surface area contributed by atoms with Crippen LogP contribution < -0.4 is 4.90 Å². The number of amides is 2. The van der Waals surface area contributed by atoms with Crippen LogP contribution in [0.1, 0.15) is 57.1 Å². The molecule has 4 aromatic rings. The fourth-order valence-electron chi connectivity index (χ4n) is 6.78. The quantitative estimate of drug-likeness (QED) is 0.295. The van der Waals surface area contributed by atoms with Crippen molar-refractivity contribution in [1.29, 1.82) is 0 Å². The number of hydrogen-bond acceptors (Lipinski definition) is 5. The van der Waals surface area contributed by atoms with Crippen molar-refractivity contribution >= 4 is 28.5 Å². The highest BCUT2D eigenvalue weighted by Crippen LogP contribution is 2.32. The van der Waals surface area contributed by atoms with Gasteiger partial charge >= 0.3 is 0 Å². The van der Waals surface area contributed by atoms with Gasteiger partial charge in [0.1, 0.15) is 5.52 Å². The summed E-state index contributed by atoms with van der Waals surface area (Å²) in [5, 5.41) is 8.59. The highest BCUT2D eigenvalue weighted by Gasteiger charge is 2.35. The van der Waals surface area contributed by atoms with Crippen LogP contribution in [0.5, 0.6) is 0 Å². The molecule has 2 unspecified atom stereocenters. The Morgan fingerprint density at radius 3 is 2.47 bits per heavy atom. The van der Waals surface area contributed by atoms with Gasteiger partial charge in [0.15, 0.2) is 0 Å². The summed E-state index contributed by atoms with van der Waals surface area (Å²) in [6.07, 6.45) is 4.51. The Labute approximate surface area is 254 Å². The molecule has 1 aromatic heterocycles. The van der Waals surface area contributed by atoms with E-state index in [9.17, 15) is 9.59 Å². The molecule has 1 fully saturated rings. The third-order valence-electron chi connectivity index (χ3n) is 9.05. The first kappa shape index (κ1) is 29.1. The molecular weight excluding hydrogens is 536 g/mol. The Bertz CT molecular complexity index is 1550.